The summed E-state index contributed by atoms with van der Waals surface area (Å²) >= 11 is 1.29. The lowest BCUT2D eigenvalue weighted by Gasteiger charge is -2.03. The summed E-state index contributed by atoms with van der Waals surface area (Å²) < 4.78 is 4.97. The van der Waals surface area contributed by atoms with E-state index in [0.29, 0.717) is 17.1 Å². The van der Waals surface area contributed by atoms with Crippen LogP contribution in [0.15, 0.2) is 6.07 Å². The highest BCUT2D eigenvalue weighted by Gasteiger charge is 2.12. The number of nitrogens with one attached hydrogen (secondary N) is 1. The quantitative estimate of drug-likeness (QED) is 0.778. The van der Waals surface area contributed by atoms with Gasteiger partial charge in [-0.1, -0.05) is 0 Å². The van der Waals surface area contributed by atoms with Crippen molar-refractivity contribution in [1.29, 1.82) is 0 Å². The standard InChI is InChI=1S/C11H16N2O3S/c1-3-13-10(14)4-5-16-11(15)9-6-8(12)7(2)17-9/h6H,3-5,12H2,1-2H3,(H,13,14). The second-order valence-corrected chi connectivity index (χ2v) is 4.72. The molecule has 0 atom stereocenters. The first-order chi connectivity index (χ1) is 8.04. The molecule has 0 aliphatic rings. The zero-order chi connectivity index (χ0) is 12.8. The van der Waals surface area contributed by atoms with Gasteiger partial charge in [-0.15, -0.1) is 11.3 Å². The largest absolute Gasteiger partial charge is 0.461 e. The first-order valence-corrected chi connectivity index (χ1v) is 6.16. The zero-order valence-corrected chi connectivity index (χ0v) is 10.7. The highest BCUT2D eigenvalue weighted by atomic mass is 32.1. The molecular formula is C11H16N2O3S. The van der Waals surface area contributed by atoms with Crippen LogP contribution in [0.2, 0.25) is 0 Å². The van der Waals surface area contributed by atoms with Crippen LogP contribution < -0.4 is 11.1 Å². The predicted octanol–water partition coefficient (Wildman–Crippen LogP) is 1.32. The summed E-state index contributed by atoms with van der Waals surface area (Å²) in [7, 11) is 0. The number of amides is 1. The van der Waals surface area contributed by atoms with Crippen molar-refractivity contribution in [2.75, 3.05) is 18.9 Å². The van der Waals surface area contributed by atoms with Gasteiger partial charge >= 0.3 is 5.97 Å². The van der Waals surface area contributed by atoms with Crippen molar-refractivity contribution >= 4 is 28.9 Å². The Balaban J connectivity index is 2.37. The summed E-state index contributed by atoms with van der Waals surface area (Å²) in [6, 6.07) is 1.59. The molecule has 94 valence electrons. The Hall–Kier alpha value is -1.56. The van der Waals surface area contributed by atoms with E-state index in [-0.39, 0.29) is 18.9 Å². The van der Waals surface area contributed by atoms with Gasteiger partial charge in [0, 0.05) is 17.1 Å². The van der Waals surface area contributed by atoms with Crippen LogP contribution in [0.5, 0.6) is 0 Å². The fourth-order valence-electron chi connectivity index (χ4n) is 1.19. The van der Waals surface area contributed by atoms with Gasteiger partial charge in [-0.3, -0.25) is 4.79 Å². The number of hydrogen-bond acceptors (Lipinski definition) is 5. The summed E-state index contributed by atoms with van der Waals surface area (Å²) in [4.78, 5) is 24.0. The van der Waals surface area contributed by atoms with Gasteiger partial charge < -0.3 is 15.8 Å². The maximum absolute atomic E-state index is 11.6. The molecule has 0 saturated carbocycles. The van der Waals surface area contributed by atoms with E-state index < -0.39 is 5.97 Å². The molecule has 0 spiro atoms. The Labute approximate surface area is 104 Å². The molecule has 3 N–H and O–H groups in total. The van der Waals surface area contributed by atoms with Gasteiger partial charge in [0.15, 0.2) is 0 Å². The van der Waals surface area contributed by atoms with Crippen LogP contribution in [0.4, 0.5) is 5.69 Å². The number of esters is 1. The lowest BCUT2D eigenvalue weighted by atomic mass is 10.4. The topological polar surface area (TPSA) is 81.4 Å². The summed E-state index contributed by atoms with van der Waals surface area (Å²) in [5.74, 6) is -0.554. The number of carbonyl (C=O) groups excluding carboxylic acids is 2. The summed E-state index contributed by atoms with van der Waals surface area (Å²) in [5.41, 5.74) is 6.22. The summed E-state index contributed by atoms with van der Waals surface area (Å²) in [5, 5.41) is 2.62. The minimum absolute atomic E-state index is 0.0848. The number of aryl methyl sites for hydroxylation is 1. The summed E-state index contributed by atoms with van der Waals surface area (Å²) in [6.07, 6.45) is 0.180. The van der Waals surface area contributed by atoms with Crippen LogP contribution in [0.25, 0.3) is 0 Å². The zero-order valence-electron chi connectivity index (χ0n) is 9.91. The fourth-order valence-corrected chi connectivity index (χ4v) is 2.02. The van der Waals surface area contributed by atoms with Gasteiger partial charge in [-0.05, 0) is 19.9 Å². The monoisotopic (exact) mass is 256 g/mol. The molecule has 6 heteroatoms. The van der Waals surface area contributed by atoms with Crippen LogP contribution in [-0.4, -0.2) is 25.0 Å². The Morgan fingerprint density at radius 3 is 2.76 bits per heavy atom. The van der Waals surface area contributed by atoms with Crippen molar-refractivity contribution in [1.82, 2.24) is 5.32 Å². The minimum atomic E-state index is -0.431. The third-order valence-corrected chi connectivity index (χ3v) is 3.14. The highest BCUT2D eigenvalue weighted by molar-refractivity contribution is 7.14. The van der Waals surface area contributed by atoms with Gasteiger partial charge in [0.2, 0.25) is 5.91 Å². The molecule has 1 amide bonds. The van der Waals surface area contributed by atoms with Gasteiger partial charge in [-0.2, -0.15) is 0 Å². The van der Waals surface area contributed by atoms with Crippen LogP contribution in [-0.2, 0) is 9.53 Å². The number of carbonyl (C=O) groups is 2. The van der Waals surface area contributed by atoms with Crippen molar-refractivity contribution in [2.45, 2.75) is 20.3 Å². The molecule has 1 rings (SSSR count). The second-order valence-electron chi connectivity index (χ2n) is 3.46. The molecule has 1 aromatic rings. The van der Waals surface area contributed by atoms with E-state index in [2.05, 4.69) is 5.32 Å². The van der Waals surface area contributed by atoms with Crippen molar-refractivity contribution in [2.24, 2.45) is 0 Å². The molecule has 0 aromatic carbocycles. The van der Waals surface area contributed by atoms with Gasteiger partial charge in [0.05, 0.1) is 6.42 Å². The average Bonchev–Trinajstić information content (AvgIpc) is 2.59. The number of hydrogen-bond donors (Lipinski definition) is 2. The van der Waals surface area contributed by atoms with Crippen LogP contribution in [0.3, 0.4) is 0 Å². The van der Waals surface area contributed by atoms with E-state index >= 15 is 0 Å². The highest BCUT2D eigenvalue weighted by Crippen LogP contribution is 2.23. The maximum Gasteiger partial charge on any atom is 0.348 e. The third-order valence-electron chi connectivity index (χ3n) is 2.09. The molecule has 0 unspecified atom stereocenters. The first-order valence-electron chi connectivity index (χ1n) is 5.34. The second kappa shape index (κ2) is 6.24. The van der Waals surface area contributed by atoms with Crippen LogP contribution in [0, 0.1) is 6.92 Å². The molecule has 0 aliphatic heterocycles. The smallest absolute Gasteiger partial charge is 0.348 e. The Bertz CT molecular complexity index is 395. The Kier molecular flexibility index (Phi) is 4.96. The number of nitrogens with two attached hydrogens (primary N) is 1. The van der Waals surface area contributed by atoms with E-state index in [9.17, 15) is 9.59 Å². The Morgan fingerprint density at radius 2 is 2.24 bits per heavy atom. The van der Waals surface area contributed by atoms with Crippen LogP contribution >= 0.6 is 11.3 Å². The molecule has 0 aliphatic carbocycles. The Morgan fingerprint density at radius 1 is 1.53 bits per heavy atom. The molecule has 0 fully saturated rings. The molecule has 0 radical (unpaired) electrons. The van der Waals surface area contributed by atoms with E-state index in [1.54, 1.807) is 6.07 Å². The average molecular weight is 256 g/mol. The van der Waals surface area contributed by atoms with Crippen molar-refractivity contribution in [3.63, 3.8) is 0 Å². The van der Waals surface area contributed by atoms with Crippen molar-refractivity contribution in [3.8, 4) is 0 Å². The molecule has 1 aromatic heterocycles. The fraction of sp³-hybridized carbons (Fsp3) is 0.455. The molecule has 0 saturated heterocycles. The predicted molar refractivity (Wildman–Crippen MR) is 67.1 cm³/mol. The lowest BCUT2D eigenvalue weighted by molar-refractivity contribution is -0.121. The first kappa shape index (κ1) is 13.5. The maximum atomic E-state index is 11.6. The summed E-state index contributed by atoms with van der Waals surface area (Å²) in [6.45, 7) is 4.33. The number of rotatable bonds is 5. The van der Waals surface area contributed by atoms with E-state index in [0.717, 1.165) is 4.88 Å². The minimum Gasteiger partial charge on any atom is -0.461 e. The van der Waals surface area contributed by atoms with Gasteiger partial charge in [0.25, 0.3) is 0 Å². The molecule has 5 nitrogen and oxygen atoms in total. The number of nitrogen functional groups attached to an aromatic ring is 1. The number of anilines is 1. The van der Waals surface area contributed by atoms with Gasteiger partial charge in [-0.25, -0.2) is 4.79 Å². The van der Waals surface area contributed by atoms with Crippen molar-refractivity contribution < 1.29 is 14.3 Å². The molecule has 1 heterocycles. The van der Waals surface area contributed by atoms with Crippen molar-refractivity contribution in [3.05, 3.63) is 15.8 Å². The van der Waals surface area contributed by atoms with Crippen LogP contribution in [0.1, 0.15) is 27.9 Å². The number of thiophene rings is 1. The van der Waals surface area contributed by atoms with E-state index in [1.165, 1.54) is 11.3 Å². The normalized spacial score (nSPS) is 10.0. The van der Waals surface area contributed by atoms with Gasteiger partial charge in [0.1, 0.15) is 11.5 Å². The molecule has 0 bridgehead atoms. The SMILES string of the molecule is CCNC(=O)CCOC(=O)c1cc(N)c(C)s1. The lowest BCUT2D eigenvalue weighted by Crippen LogP contribution is -2.24. The van der Waals surface area contributed by atoms with E-state index in [1.807, 2.05) is 13.8 Å². The molecule has 17 heavy (non-hydrogen) atoms. The third kappa shape index (κ3) is 4.07. The number of ether oxygens (including phenoxy) is 1. The molecular weight excluding hydrogens is 240 g/mol. The van der Waals surface area contributed by atoms with E-state index in [4.69, 9.17) is 10.5 Å².